The molecule has 0 spiro atoms. The van der Waals surface area contributed by atoms with Gasteiger partial charge in [0.25, 0.3) is 0 Å². The highest BCUT2D eigenvalue weighted by Gasteiger charge is 2.28. The van der Waals surface area contributed by atoms with Gasteiger partial charge in [-0.15, -0.1) is 0 Å². The molecule has 27 heavy (non-hydrogen) atoms. The van der Waals surface area contributed by atoms with Crippen molar-refractivity contribution in [1.82, 2.24) is 9.97 Å². The Morgan fingerprint density at radius 1 is 1.30 bits per heavy atom. The molecule has 0 saturated heterocycles. The summed E-state index contributed by atoms with van der Waals surface area (Å²) in [7, 11) is -3.47. The molecule has 1 N–H and O–H groups in total. The fourth-order valence-electron chi connectivity index (χ4n) is 3.49. The van der Waals surface area contributed by atoms with E-state index in [0.29, 0.717) is 23.0 Å². The first-order valence-corrected chi connectivity index (χ1v) is 11.3. The maximum Gasteiger partial charge on any atom is 0.194 e. The Bertz CT molecular complexity index is 921. The average Bonchev–Trinajstić information content (AvgIpc) is 2.99. The molecule has 5 nitrogen and oxygen atoms in total. The van der Waals surface area contributed by atoms with Gasteiger partial charge in [-0.05, 0) is 56.2 Å². The van der Waals surface area contributed by atoms with E-state index in [1.807, 2.05) is 0 Å². The lowest BCUT2D eigenvalue weighted by Gasteiger charge is -2.29. The van der Waals surface area contributed by atoms with Crippen LogP contribution in [-0.4, -0.2) is 30.7 Å². The molecule has 0 aliphatic heterocycles. The second-order valence-corrected chi connectivity index (χ2v) is 9.73. The van der Waals surface area contributed by atoms with Gasteiger partial charge in [0.05, 0.1) is 16.8 Å². The topological polar surface area (TPSA) is 72.0 Å². The van der Waals surface area contributed by atoms with Crippen LogP contribution in [0.15, 0.2) is 23.2 Å². The highest BCUT2D eigenvalue weighted by atomic mass is 35.5. The third-order valence-electron chi connectivity index (χ3n) is 5.00. The van der Waals surface area contributed by atoms with Crippen molar-refractivity contribution >= 4 is 21.4 Å². The molecule has 1 saturated carbocycles. The van der Waals surface area contributed by atoms with Crippen LogP contribution >= 0.6 is 11.6 Å². The van der Waals surface area contributed by atoms with Crippen LogP contribution < -0.4 is 0 Å². The number of H-pyrrole nitrogens is 1. The fraction of sp³-hybridized carbons (Fsp3) is 0.526. The summed E-state index contributed by atoms with van der Waals surface area (Å²) in [5, 5.41) is -0.0124. The van der Waals surface area contributed by atoms with Crippen molar-refractivity contribution in [2.24, 2.45) is 5.92 Å². The molecule has 2 aromatic rings. The number of ether oxygens (including phenoxy) is 1. The predicted octanol–water partition coefficient (Wildman–Crippen LogP) is 4.60. The number of nitrogens with one attached hydrogen (secondary N) is 1. The number of sulfone groups is 1. The normalized spacial score (nSPS) is 22.0. The number of hydrogen-bond donors (Lipinski definition) is 1. The molecule has 0 radical (unpaired) electrons. The minimum absolute atomic E-state index is 0.00317. The van der Waals surface area contributed by atoms with Gasteiger partial charge < -0.3 is 9.72 Å². The van der Waals surface area contributed by atoms with Gasteiger partial charge in [-0.1, -0.05) is 24.6 Å². The average molecular weight is 415 g/mol. The van der Waals surface area contributed by atoms with E-state index in [4.69, 9.17) is 16.3 Å². The lowest BCUT2D eigenvalue weighted by Crippen LogP contribution is -2.24. The van der Waals surface area contributed by atoms with Crippen molar-refractivity contribution in [1.29, 1.82) is 0 Å². The molecular weight excluding hydrogens is 391 g/mol. The summed E-state index contributed by atoms with van der Waals surface area (Å²) in [6, 6.07) is 4.38. The van der Waals surface area contributed by atoms with Gasteiger partial charge in [0, 0.05) is 6.26 Å². The highest BCUT2D eigenvalue weighted by Crippen LogP contribution is 2.34. The lowest BCUT2D eigenvalue weighted by molar-refractivity contribution is -0.0218. The Kier molecular flexibility index (Phi) is 5.93. The molecular formula is C19H24ClFN2O3S. The van der Waals surface area contributed by atoms with E-state index in [0.717, 1.165) is 31.9 Å². The summed E-state index contributed by atoms with van der Waals surface area (Å²) >= 11 is 5.96. The zero-order chi connectivity index (χ0) is 19.8. The molecule has 1 fully saturated rings. The second kappa shape index (κ2) is 7.89. The van der Waals surface area contributed by atoms with Crippen molar-refractivity contribution in [2.75, 3.05) is 6.26 Å². The Balaban J connectivity index is 1.98. The number of hydrogen-bond acceptors (Lipinski definition) is 4. The smallest absolute Gasteiger partial charge is 0.194 e. The van der Waals surface area contributed by atoms with E-state index in [9.17, 15) is 12.8 Å². The number of aromatic nitrogens is 2. The van der Waals surface area contributed by atoms with E-state index in [2.05, 4.69) is 16.9 Å². The summed E-state index contributed by atoms with van der Waals surface area (Å²) in [4.78, 5) is 7.32. The Morgan fingerprint density at radius 2 is 1.96 bits per heavy atom. The van der Waals surface area contributed by atoms with Crippen LogP contribution in [0, 0.1) is 18.7 Å². The first-order valence-electron chi connectivity index (χ1n) is 9.02. The predicted molar refractivity (Wildman–Crippen MR) is 102 cm³/mol. The third kappa shape index (κ3) is 4.70. The van der Waals surface area contributed by atoms with Crippen LogP contribution in [0.3, 0.4) is 0 Å². The molecule has 8 heteroatoms. The van der Waals surface area contributed by atoms with E-state index in [1.54, 1.807) is 13.0 Å². The zero-order valence-electron chi connectivity index (χ0n) is 15.6. The Morgan fingerprint density at radius 3 is 2.52 bits per heavy atom. The quantitative estimate of drug-likeness (QED) is 0.776. The van der Waals surface area contributed by atoms with Gasteiger partial charge in [-0.25, -0.2) is 17.8 Å². The first kappa shape index (κ1) is 20.3. The van der Waals surface area contributed by atoms with Crippen molar-refractivity contribution in [3.8, 4) is 0 Å². The molecule has 1 aliphatic carbocycles. The number of nitrogens with zero attached hydrogens (tertiary/aromatic N) is 1. The van der Waals surface area contributed by atoms with Gasteiger partial charge in [0.2, 0.25) is 0 Å². The molecule has 1 aromatic carbocycles. The largest absolute Gasteiger partial charge is 0.362 e. The van der Waals surface area contributed by atoms with Crippen LogP contribution in [0.25, 0.3) is 0 Å². The van der Waals surface area contributed by atoms with Crippen molar-refractivity contribution in [3.63, 3.8) is 0 Å². The molecule has 1 atom stereocenters. The van der Waals surface area contributed by atoms with E-state index >= 15 is 0 Å². The number of benzene rings is 1. The summed E-state index contributed by atoms with van der Waals surface area (Å²) in [6.45, 7) is 3.88. The number of aromatic amines is 1. The molecule has 1 unspecified atom stereocenters. The van der Waals surface area contributed by atoms with Gasteiger partial charge in [-0.2, -0.15) is 0 Å². The summed E-state index contributed by atoms with van der Waals surface area (Å²) in [5.41, 5.74) is 1.08. The summed E-state index contributed by atoms with van der Waals surface area (Å²) in [5.74, 6) is 0.540. The molecule has 1 aromatic heterocycles. The molecule has 1 heterocycles. The van der Waals surface area contributed by atoms with Gasteiger partial charge in [0.15, 0.2) is 14.9 Å². The first-order chi connectivity index (χ1) is 12.6. The zero-order valence-corrected chi connectivity index (χ0v) is 17.2. The van der Waals surface area contributed by atoms with Crippen LogP contribution in [0.2, 0.25) is 5.02 Å². The van der Waals surface area contributed by atoms with Crippen molar-refractivity contribution in [2.45, 2.75) is 56.8 Å². The maximum atomic E-state index is 13.6. The highest BCUT2D eigenvalue weighted by molar-refractivity contribution is 7.90. The minimum atomic E-state index is -3.47. The molecule has 0 bridgehead atoms. The molecule has 0 amide bonds. The summed E-state index contributed by atoms with van der Waals surface area (Å²) < 4.78 is 43.8. The minimum Gasteiger partial charge on any atom is -0.362 e. The molecule has 1 aliphatic rings. The standard InChI is InChI=1S/C19H24ClFN2O3S/c1-11-4-7-14(8-5-11)26-17(13-6-9-16(21)15(20)10-13)18-22-12(2)19(23-18)27(3,24)25/h6,9-11,14,17H,4-5,7-8H2,1-3H3,(H,22,23)/t11-,14+,17?. The van der Waals surface area contributed by atoms with E-state index in [-0.39, 0.29) is 16.2 Å². The maximum absolute atomic E-state index is 13.6. The Labute approximate surface area is 164 Å². The van der Waals surface area contributed by atoms with Crippen LogP contribution in [-0.2, 0) is 14.6 Å². The van der Waals surface area contributed by atoms with Crippen LogP contribution in [0.5, 0.6) is 0 Å². The number of halogens is 2. The monoisotopic (exact) mass is 414 g/mol. The number of aryl methyl sites for hydroxylation is 1. The molecule has 3 rings (SSSR count). The molecule has 148 valence electrons. The van der Waals surface area contributed by atoms with Crippen molar-refractivity contribution in [3.05, 3.63) is 46.1 Å². The van der Waals surface area contributed by atoms with Gasteiger partial charge in [-0.3, -0.25) is 0 Å². The number of rotatable bonds is 5. The van der Waals surface area contributed by atoms with E-state index in [1.165, 1.54) is 12.1 Å². The fourth-order valence-corrected chi connectivity index (χ4v) is 4.55. The van der Waals surface area contributed by atoms with Gasteiger partial charge in [0.1, 0.15) is 17.7 Å². The van der Waals surface area contributed by atoms with E-state index < -0.39 is 21.8 Å². The SMILES string of the molecule is Cc1[nH]c(C(O[C@H]2CC[C@@H](C)CC2)c2ccc(F)c(Cl)c2)nc1S(C)(=O)=O. The Hall–Kier alpha value is -1.44. The number of imidazole rings is 1. The third-order valence-corrected chi connectivity index (χ3v) is 6.39. The lowest BCUT2D eigenvalue weighted by atomic mass is 9.89. The van der Waals surface area contributed by atoms with Crippen LogP contribution in [0.1, 0.15) is 55.8 Å². The van der Waals surface area contributed by atoms with Gasteiger partial charge >= 0.3 is 0 Å². The second-order valence-electron chi connectivity index (χ2n) is 7.40. The van der Waals surface area contributed by atoms with Crippen LogP contribution in [0.4, 0.5) is 4.39 Å². The summed E-state index contributed by atoms with van der Waals surface area (Å²) in [6.07, 6.45) is 4.50. The van der Waals surface area contributed by atoms with Crippen molar-refractivity contribution < 1.29 is 17.5 Å².